The molecule has 6 heteroatoms. The van der Waals surface area contributed by atoms with Gasteiger partial charge in [-0.15, -0.1) is 0 Å². The van der Waals surface area contributed by atoms with Crippen molar-refractivity contribution in [3.05, 3.63) is 0 Å². The summed E-state index contributed by atoms with van der Waals surface area (Å²) < 4.78 is 0. The molecule has 5 unspecified atom stereocenters. The molecule has 4 heterocycles. The van der Waals surface area contributed by atoms with Gasteiger partial charge in [0.15, 0.2) is 0 Å². The minimum atomic E-state index is 0.0725. The molecule has 44 heavy (non-hydrogen) atoms. The summed E-state index contributed by atoms with van der Waals surface area (Å²) in [5.41, 5.74) is 0. The fourth-order valence-corrected chi connectivity index (χ4v) is 12.2. The van der Waals surface area contributed by atoms with Crippen LogP contribution in [0.25, 0.3) is 0 Å². The van der Waals surface area contributed by atoms with Crippen molar-refractivity contribution in [3.8, 4) is 0 Å². The maximum absolute atomic E-state index is 14.4. The number of rotatable bonds is 6. The third-order valence-electron chi connectivity index (χ3n) is 15.0. The quantitative estimate of drug-likeness (QED) is 0.367. The minimum Gasteiger partial charge on any atom is -0.351 e. The molecule has 7 rings (SSSR count). The van der Waals surface area contributed by atoms with Crippen molar-refractivity contribution < 1.29 is 9.59 Å². The monoisotopic (exact) mass is 609 g/mol. The van der Waals surface area contributed by atoms with Crippen LogP contribution >= 0.6 is 0 Å². The van der Waals surface area contributed by atoms with E-state index >= 15 is 0 Å². The molecule has 0 spiro atoms. The molecular formula is C38H64N4O2. The molecule has 2 N–H and O–H groups in total. The van der Waals surface area contributed by atoms with Crippen LogP contribution in [0.15, 0.2) is 0 Å². The zero-order chi connectivity index (χ0) is 30.5. The van der Waals surface area contributed by atoms with Crippen LogP contribution in [0.4, 0.5) is 0 Å². The van der Waals surface area contributed by atoms with Gasteiger partial charge in [-0.3, -0.25) is 19.4 Å². The van der Waals surface area contributed by atoms with Crippen molar-refractivity contribution in [1.29, 1.82) is 0 Å². The Balaban J connectivity index is 1.05. The van der Waals surface area contributed by atoms with Gasteiger partial charge in [0, 0.05) is 36.3 Å². The molecule has 4 bridgehead atoms. The molecule has 0 radical (unpaired) electrons. The van der Waals surface area contributed by atoms with Gasteiger partial charge in [-0.25, -0.2) is 0 Å². The van der Waals surface area contributed by atoms with Crippen LogP contribution in [0.3, 0.4) is 0 Å². The summed E-state index contributed by atoms with van der Waals surface area (Å²) in [5.74, 6) is 4.98. The lowest BCUT2D eigenvalue weighted by Crippen LogP contribution is -2.61. The van der Waals surface area contributed by atoms with E-state index in [1.165, 1.54) is 89.9 Å². The van der Waals surface area contributed by atoms with Crippen molar-refractivity contribution in [2.24, 2.45) is 47.3 Å². The predicted octanol–water partition coefficient (Wildman–Crippen LogP) is 6.38. The molecule has 3 saturated carbocycles. The molecule has 4 aliphatic heterocycles. The number of nitrogens with zero attached hydrogens (tertiary/aromatic N) is 2. The van der Waals surface area contributed by atoms with E-state index in [2.05, 4.69) is 48.4 Å². The molecule has 248 valence electrons. The number of nitrogens with one attached hydrogen (secondary N) is 2. The maximum atomic E-state index is 14.4. The van der Waals surface area contributed by atoms with Crippen LogP contribution in [-0.2, 0) is 9.59 Å². The number of carbonyl (C=O) groups is 2. The van der Waals surface area contributed by atoms with Gasteiger partial charge in [-0.2, -0.15) is 0 Å². The van der Waals surface area contributed by atoms with Crippen molar-refractivity contribution >= 4 is 11.8 Å². The van der Waals surface area contributed by atoms with Crippen LogP contribution in [0.2, 0.25) is 0 Å². The summed E-state index contributed by atoms with van der Waals surface area (Å²) >= 11 is 0. The number of hydrogen-bond acceptors (Lipinski definition) is 4. The Morgan fingerprint density at radius 2 is 0.909 bits per heavy atom. The average molecular weight is 609 g/mol. The normalized spacial score (nSPS) is 48.2. The van der Waals surface area contributed by atoms with Crippen LogP contribution in [0, 0.1) is 47.3 Å². The predicted molar refractivity (Wildman–Crippen MR) is 177 cm³/mol. The SMILES string of the molecule is CC1CCC(C2C[C@@H]3CCC([C@H]2C(=O)NC2CCCCC2NC(=O)[C@@H]2C4CC[C@H](C[C@@H]2C2CCC(C)CC2)N4C)N3C)CC1. The van der Waals surface area contributed by atoms with E-state index in [0.29, 0.717) is 59.7 Å². The van der Waals surface area contributed by atoms with E-state index in [0.717, 1.165) is 37.5 Å². The number of fused-ring (bicyclic) bond motifs is 4. The topological polar surface area (TPSA) is 64.7 Å². The van der Waals surface area contributed by atoms with Gasteiger partial charge in [-0.1, -0.05) is 52.4 Å². The number of carbonyl (C=O) groups excluding carboxylic acids is 2. The largest absolute Gasteiger partial charge is 0.351 e. The average Bonchev–Trinajstić information content (AvgIpc) is 3.38. The van der Waals surface area contributed by atoms with E-state index in [4.69, 9.17) is 0 Å². The standard InChI is InChI=1S/C38H64N4O2/c1-23-9-13-25(14-10-23)29-21-27-17-19-33(41(27)3)35(29)37(43)39-31-7-5-6-8-32(31)40-38(44)36-30(26-15-11-24(2)12-16-26)22-28-18-20-34(36)42(28)4/h23-36H,5-22H2,1-4H3,(H,39,43)(H,40,44)/t23?,24?,25?,26?,27-,28+,29-,30?,31?,32?,33?,34?,35+,36+/m1/s1. The van der Waals surface area contributed by atoms with Gasteiger partial charge in [-0.05, 0) is 127 Å². The molecule has 3 aliphatic carbocycles. The fourth-order valence-electron chi connectivity index (χ4n) is 12.2. The van der Waals surface area contributed by atoms with E-state index in [1.807, 2.05) is 0 Å². The van der Waals surface area contributed by atoms with Gasteiger partial charge >= 0.3 is 0 Å². The first-order chi connectivity index (χ1) is 21.3. The second-order valence-corrected chi connectivity index (χ2v) is 17.3. The first-order valence-corrected chi connectivity index (χ1v) is 19.3. The fraction of sp³-hybridized carbons (Fsp3) is 0.947. The van der Waals surface area contributed by atoms with Crippen molar-refractivity contribution in [3.63, 3.8) is 0 Å². The van der Waals surface area contributed by atoms with Crippen LogP contribution in [-0.4, -0.2) is 72.0 Å². The number of amides is 2. The number of hydrogen-bond donors (Lipinski definition) is 2. The smallest absolute Gasteiger partial charge is 0.225 e. The molecule has 7 fully saturated rings. The molecule has 0 aromatic carbocycles. The van der Waals surface area contributed by atoms with E-state index in [9.17, 15) is 9.59 Å². The molecule has 7 aliphatic rings. The lowest BCUT2D eigenvalue weighted by molar-refractivity contribution is -0.137. The van der Waals surface area contributed by atoms with Crippen LogP contribution < -0.4 is 10.6 Å². The third kappa shape index (κ3) is 6.02. The van der Waals surface area contributed by atoms with Crippen molar-refractivity contribution in [2.45, 2.75) is 166 Å². The zero-order valence-electron chi connectivity index (χ0n) is 28.5. The van der Waals surface area contributed by atoms with E-state index in [1.54, 1.807) is 0 Å². The Labute approximate surface area is 268 Å². The molecule has 2 amide bonds. The first-order valence-electron chi connectivity index (χ1n) is 19.3. The number of piperidine rings is 2. The highest BCUT2D eigenvalue weighted by atomic mass is 16.2. The summed E-state index contributed by atoms with van der Waals surface area (Å²) in [4.78, 5) is 34.0. The Kier molecular flexibility index (Phi) is 9.41. The lowest BCUT2D eigenvalue weighted by Gasteiger charge is -2.48. The summed E-state index contributed by atoms with van der Waals surface area (Å²) in [6.07, 6.45) is 22.1. The lowest BCUT2D eigenvalue weighted by atomic mass is 9.66. The van der Waals surface area contributed by atoms with Crippen molar-refractivity contribution in [1.82, 2.24) is 20.4 Å². The van der Waals surface area contributed by atoms with E-state index in [-0.39, 0.29) is 23.9 Å². The Morgan fingerprint density at radius 3 is 1.30 bits per heavy atom. The third-order valence-corrected chi connectivity index (χ3v) is 15.0. The highest BCUT2D eigenvalue weighted by molar-refractivity contribution is 5.82. The minimum absolute atomic E-state index is 0.0725. The van der Waals surface area contributed by atoms with Crippen LogP contribution in [0.5, 0.6) is 0 Å². The van der Waals surface area contributed by atoms with E-state index < -0.39 is 0 Å². The molecule has 10 atom stereocenters. The Bertz CT molecular complexity index is 938. The van der Waals surface area contributed by atoms with Gasteiger partial charge in [0.05, 0.1) is 11.8 Å². The molecular weight excluding hydrogens is 544 g/mol. The summed E-state index contributed by atoms with van der Waals surface area (Å²) in [5, 5.41) is 7.32. The zero-order valence-corrected chi connectivity index (χ0v) is 28.5. The van der Waals surface area contributed by atoms with Gasteiger partial charge in [0.2, 0.25) is 11.8 Å². The van der Waals surface area contributed by atoms with Gasteiger partial charge < -0.3 is 10.6 Å². The van der Waals surface area contributed by atoms with Gasteiger partial charge in [0.1, 0.15) is 0 Å². The van der Waals surface area contributed by atoms with Crippen LogP contribution in [0.1, 0.15) is 129 Å². The molecule has 4 saturated heterocycles. The molecule has 0 aromatic heterocycles. The highest BCUT2D eigenvalue weighted by Gasteiger charge is 2.53. The summed E-state index contributed by atoms with van der Waals surface area (Å²) in [6.45, 7) is 4.81. The second-order valence-electron chi connectivity index (χ2n) is 17.3. The Morgan fingerprint density at radius 1 is 0.523 bits per heavy atom. The maximum Gasteiger partial charge on any atom is 0.225 e. The molecule has 6 nitrogen and oxygen atoms in total. The van der Waals surface area contributed by atoms with Gasteiger partial charge in [0.25, 0.3) is 0 Å². The second kappa shape index (κ2) is 13.2. The van der Waals surface area contributed by atoms with Crippen molar-refractivity contribution in [2.75, 3.05) is 14.1 Å². The summed E-state index contributed by atoms with van der Waals surface area (Å²) in [7, 11) is 4.56. The first kappa shape index (κ1) is 31.5. The Hall–Kier alpha value is -1.14. The highest BCUT2D eigenvalue weighted by Crippen LogP contribution is 2.50. The molecule has 0 aromatic rings. The summed E-state index contributed by atoms with van der Waals surface area (Å²) in [6, 6.07) is 2.26.